The number of carbonyl (C=O) groups excluding carboxylic acids is 1. The Labute approximate surface area is 215 Å². The highest BCUT2D eigenvalue weighted by molar-refractivity contribution is 7.15. The fourth-order valence-electron chi connectivity index (χ4n) is 3.63. The van der Waals surface area contributed by atoms with Crippen LogP contribution in [0, 0.1) is 0 Å². The van der Waals surface area contributed by atoms with E-state index in [-0.39, 0.29) is 31.3 Å². The molecule has 0 amide bonds. The van der Waals surface area contributed by atoms with Crippen LogP contribution in [-0.2, 0) is 22.1 Å². The van der Waals surface area contributed by atoms with Crippen LogP contribution >= 0.6 is 11.3 Å². The van der Waals surface area contributed by atoms with Gasteiger partial charge < -0.3 is 9.84 Å². The third-order valence-corrected chi connectivity index (χ3v) is 6.70. The van der Waals surface area contributed by atoms with Crippen molar-refractivity contribution in [3.63, 3.8) is 0 Å². The highest BCUT2D eigenvalue weighted by Crippen LogP contribution is 2.35. The number of hydrogen-bond acceptors (Lipinski definition) is 5. The van der Waals surface area contributed by atoms with E-state index in [1.807, 2.05) is 20.8 Å². The molecule has 0 spiro atoms. The van der Waals surface area contributed by atoms with Crippen LogP contribution in [0.25, 0.3) is 10.6 Å². The van der Waals surface area contributed by atoms with E-state index in [9.17, 15) is 18.0 Å². The molecule has 1 N–H and O–H groups in total. The van der Waals surface area contributed by atoms with Crippen molar-refractivity contribution in [2.45, 2.75) is 65.5 Å². The monoisotopic (exact) mass is 521 g/mol. The smallest absolute Gasteiger partial charge is 0.416 e. The van der Waals surface area contributed by atoms with Gasteiger partial charge in [0.2, 0.25) is 0 Å². The van der Waals surface area contributed by atoms with Crippen LogP contribution in [0.2, 0.25) is 0 Å². The van der Waals surface area contributed by atoms with Crippen LogP contribution in [-0.4, -0.2) is 29.1 Å². The minimum Gasteiger partial charge on any atom is -0.492 e. The number of carbonyl (C=O) groups is 1. The topological polar surface area (TPSA) is 59.4 Å². The molecule has 2 aromatic rings. The summed E-state index contributed by atoms with van der Waals surface area (Å²) in [7, 11) is 0. The van der Waals surface area contributed by atoms with E-state index in [2.05, 4.69) is 6.58 Å². The molecule has 1 aromatic carbocycles. The Morgan fingerprint density at radius 3 is 2.42 bits per heavy atom. The molecule has 0 bridgehead atoms. The molecular formula is C28H34F3NO3S. The molecule has 36 heavy (non-hydrogen) atoms. The number of halogens is 3. The Kier molecular flexibility index (Phi) is 11.1. The van der Waals surface area contributed by atoms with Crippen molar-refractivity contribution in [3.05, 3.63) is 76.0 Å². The summed E-state index contributed by atoms with van der Waals surface area (Å²) < 4.78 is 44.2. The second-order valence-electron chi connectivity index (χ2n) is 8.64. The van der Waals surface area contributed by atoms with Crippen molar-refractivity contribution >= 4 is 17.1 Å². The summed E-state index contributed by atoms with van der Waals surface area (Å²) in [5.74, 6) is 0.530. The predicted molar refractivity (Wildman–Crippen MR) is 139 cm³/mol. The van der Waals surface area contributed by atoms with E-state index in [1.165, 1.54) is 23.5 Å². The molecule has 0 fully saturated rings. The Morgan fingerprint density at radius 1 is 1.22 bits per heavy atom. The number of allylic oxidation sites excluding steroid dienone is 4. The number of alkyl halides is 3. The first-order chi connectivity index (χ1) is 17.0. The lowest BCUT2D eigenvalue weighted by molar-refractivity contribution is -0.137. The number of aromatic nitrogens is 1. The quantitative estimate of drug-likeness (QED) is 0.167. The van der Waals surface area contributed by atoms with E-state index in [0.717, 1.165) is 34.7 Å². The molecule has 0 aliphatic heterocycles. The third kappa shape index (κ3) is 8.17. The zero-order valence-electron chi connectivity index (χ0n) is 21.2. The average Bonchev–Trinajstić information content (AvgIpc) is 3.27. The van der Waals surface area contributed by atoms with Gasteiger partial charge in [-0.05, 0) is 49.5 Å². The second kappa shape index (κ2) is 13.6. The standard InChI is InChI=1S/C28H34F3NO3S/c1-6-8-22(19(5)35-16-15-33)17-20(7-2)24(34)13-14-25-26(18(3)4)32-27(36-25)21-9-11-23(12-10-21)28(29,30)31/h7,9-12,17-18,33H,5-6,8,13-16H2,1-4H3/b20-7+,22-17-. The maximum atomic E-state index is 13.1. The van der Waals surface area contributed by atoms with Gasteiger partial charge in [-0.3, -0.25) is 4.79 Å². The SMILES string of the molecule is C=C(OCCO)/C(=C\C(=C/C)C(=O)CCc1sc(-c2ccc(C(F)(F)F)cc2)nc1C(C)C)CCC. The summed E-state index contributed by atoms with van der Waals surface area (Å²) in [4.78, 5) is 18.7. The van der Waals surface area contributed by atoms with Gasteiger partial charge in [-0.1, -0.05) is 52.0 Å². The highest BCUT2D eigenvalue weighted by Gasteiger charge is 2.30. The lowest BCUT2D eigenvalue weighted by atomic mass is 9.99. The number of ketones is 1. The largest absolute Gasteiger partial charge is 0.492 e. The minimum absolute atomic E-state index is 0.0275. The van der Waals surface area contributed by atoms with Crippen LogP contribution in [0.5, 0.6) is 0 Å². The average molecular weight is 522 g/mol. The number of ether oxygens (including phenoxy) is 1. The molecule has 0 unspecified atom stereocenters. The van der Waals surface area contributed by atoms with Crippen LogP contribution in [0.15, 0.2) is 59.9 Å². The van der Waals surface area contributed by atoms with E-state index in [1.54, 1.807) is 19.1 Å². The van der Waals surface area contributed by atoms with E-state index < -0.39 is 11.7 Å². The number of hydrogen-bond donors (Lipinski definition) is 1. The molecule has 4 nitrogen and oxygen atoms in total. The molecule has 2 rings (SSSR count). The maximum Gasteiger partial charge on any atom is 0.416 e. The summed E-state index contributed by atoms with van der Waals surface area (Å²) in [5.41, 5.74) is 2.16. The summed E-state index contributed by atoms with van der Waals surface area (Å²) in [5, 5.41) is 9.64. The van der Waals surface area contributed by atoms with Crippen LogP contribution < -0.4 is 0 Å². The van der Waals surface area contributed by atoms with E-state index in [0.29, 0.717) is 34.7 Å². The predicted octanol–water partition coefficient (Wildman–Crippen LogP) is 7.65. The van der Waals surface area contributed by atoms with Crippen molar-refractivity contribution < 1.29 is 27.8 Å². The molecule has 1 heterocycles. The normalized spacial score (nSPS) is 12.8. The number of aliphatic hydroxyl groups is 1. The molecule has 1 aromatic heterocycles. The number of rotatable bonds is 13. The van der Waals surface area contributed by atoms with Gasteiger partial charge >= 0.3 is 6.18 Å². The summed E-state index contributed by atoms with van der Waals surface area (Å²) in [6.45, 7) is 11.8. The van der Waals surface area contributed by atoms with Crippen LogP contribution in [0.3, 0.4) is 0 Å². The Balaban J connectivity index is 2.21. The van der Waals surface area contributed by atoms with E-state index in [4.69, 9.17) is 14.8 Å². The molecule has 0 aliphatic carbocycles. The van der Waals surface area contributed by atoms with Gasteiger partial charge in [0.15, 0.2) is 5.78 Å². The Hall–Kier alpha value is -2.71. The summed E-state index contributed by atoms with van der Waals surface area (Å²) in [6.07, 6.45) is 1.48. The summed E-state index contributed by atoms with van der Waals surface area (Å²) in [6, 6.07) is 4.99. The zero-order chi connectivity index (χ0) is 26.9. The lowest BCUT2D eigenvalue weighted by Crippen LogP contribution is -2.06. The van der Waals surface area contributed by atoms with Crippen molar-refractivity contribution in [2.24, 2.45) is 0 Å². The van der Waals surface area contributed by atoms with Gasteiger partial charge in [-0.2, -0.15) is 13.2 Å². The molecule has 0 saturated heterocycles. The van der Waals surface area contributed by atoms with Crippen LogP contribution in [0.1, 0.15) is 69.0 Å². The highest BCUT2D eigenvalue weighted by atomic mass is 32.1. The molecule has 196 valence electrons. The molecule has 0 aliphatic rings. The number of thiazole rings is 1. The Morgan fingerprint density at radius 2 is 1.89 bits per heavy atom. The third-order valence-electron chi connectivity index (χ3n) is 5.52. The first kappa shape index (κ1) is 29.5. The summed E-state index contributed by atoms with van der Waals surface area (Å²) >= 11 is 1.41. The molecule has 0 radical (unpaired) electrons. The molecule has 8 heteroatoms. The van der Waals surface area contributed by atoms with Crippen molar-refractivity contribution in [1.82, 2.24) is 4.98 Å². The van der Waals surface area contributed by atoms with Gasteiger partial charge in [0.1, 0.15) is 17.4 Å². The number of aliphatic hydroxyl groups excluding tert-OH is 1. The maximum absolute atomic E-state index is 13.1. The zero-order valence-corrected chi connectivity index (χ0v) is 22.1. The molecular weight excluding hydrogens is 487 g/mol. The van der Waals surface area contributed by atoms with Gasteiger partial charge in [0, 0.05) is 22.4 Å². The van der Waals surface area contributed by atoms with Crippen molar-refractivity contribution in [2.75, 3.05) is 13.2 Å². The number of Topliss-reactive ketones (excluding diaryl/α,β-unsaturated/α-hetero) is 1. The van der Waals surface area contributed by atoms with Gasteiger partial charge in [0.25, 0.3) is 0 Å². The molecule has 0 atom stereocenters. The van der Waals surface area contributed by atoms with Crippen LogP contribution in [0.4, 0.5) is 13.2 Å². The number of aryl methyl sites for hydroxylation is 1. The van der Waals surface area contributed by atoms with Gasteiger partial charge in [-0.25, -0.2) is 4.98 Å². The fraction of sp³-hybridized carbons (Fsp3) is 0.429. The fourth-order valence-corrected chi connectivity index (χ4v) is 4.85. The van der Waals surface area contributed by atoms with E-state index >= 15 is 0 Å². The Bertz CT molecular complexity index is 1100. The number of benzene rings is 1. The first-order valence-electron chi connectivity index (χ1n) is 12.0. The van der Waals surface area contributed by atoms with Gasteiger partial charge in [-0.15, -0.1) is 11.3 Å². The van der Waals surface area contributed by atoms with Crippen molar-refractivity contribution in [3.8, 4) is 10.6 Å². The second-order valence-corrected chi connectivity index (χ2v) is 9.72. The molecule has 0 saturated carbocycles. The number of nitrogens with zero attached hydrogens (tertiary/aromatic N) is 1. The van der Waals surface area contributed by atoms with Gasteiger partial charge in [0.05, 0.1) is 17.9 Å². The lowest BCUT2D eigenvalue weighted by Gasteiger charge is -2.12. The van der Waals surface area contributed by atoms with Crippen molar-refractivity contribution in [1.29, 1.82) is 0 Å². The minimum atomic E-state index is -4.39. The first-order valence-corrected chi connectivity index (χ1v) is 12.8.